The smallest absolute Gasteiger partial charge is 0.330 e. The number of esters is 2. The second-order valence-electron chi connectivity index (χ2n) is 24.2. The molecule has 482 valence electrons. The number of carbonyl (C=O) groups excluding carboxylic acids is 9. The van der Waals surface area contributed by atoms with Crippen molar-refractivity contribution < 1.29 is 76.0 Å². The number of methoxy groups -OCH3 is 2. The van der Waals surface area contributed by atoms with Gasteiger partial charge in [-0.15, -0.1) is 0 Å². The van der Waals surface area contributed by atoms with Crippen molar-refractivity contribution in [1.29, 1.82) is 0 Å². The van der Waals surface area contributed by atoms with Crippen LogP contribution in [0.4, 0.5) is 4.39 Å². The maximum Gasteiger partial charge on any atom is 0.330 e. The Bertz CT molecular complexity index is 3220. The maximum absolute atomic E-state index is 15.7. The first-order chi connectivity index (χ1) is 42.2. The molecule has 1 saturated heterocycles. The molecule has 5 atom stereocenters. The third-order valence-electron chi connectivity index (χ3n) is 15.9. The number of cyclic esters (lactones) is 2. The Morgan fingerprint density at radius 1 is 0.764 bits per heavy atom. The lowest BCUT2D eigenvalue weighted by molar-refractivity contribution is -0.165. The summed E-state index contributed by atoms with van der Waals surface area (Å²) in [4.78, 5) is 133. The number of nitrogens with one attached hydrogen (secondary N) is 2. The molecule has 2 aliphatic heterocycles. The SMILES string of the molecule is CCCC[C@H]1C(=O)N[C@@H](Cc2ccc3ccccc3c2)C(=O)N(C)[C@@H](COC(C)(C)C)C(=O)NCC(=O)N(C)CC/C=C/C(=O)OCC(C)(C)C(=O)C(=O)N2CCCC[C@H]2C(=O)O[C@H](CCc2cc(OC)c(OC)cc2F)c2cccc(c2)OCC(=O)N1C. The van der Waals surface area contributed by atoms with Crippen LogP contribution in [-0.2, 0) is 70.2 Å². The van der Waals surface area contributed by atoms with E-state index in [4.69, 9.17) is 28.4 Å². The summed E-state index contributed by atoms with van der Waals surface area (Å²) in [6.45, 7) is 8.53. The molecular formula is C67H87FN6O15. The van der Waals surface area contributed by atoms with Gasteiger partial charge in [0.25, 0.3) is 11.8 Å². The number of fused-ring (bicyclic) bond motifs is 4. The molecule has 22 heteroatoms. The van der Waals surface area contributed by atoms with Crippen LogP contribution in [0, 0.1) is 11.2 Å². The van der Waals surface area contributed by atoms with E-state index in [-0.39, 0.29) is 81.0 Å². The number of benzene rings is 4. The van der Waals surface area contributed by atoms with Gasteiger partial charge in [0.15, 0.2) is 18.1 Å². The standard InChI is InChI=1S/C67H87FN6O15/c1-12-13-25-51-62(80)70-50(35-43-28-29-44-21-14-15-22-45(44)34-43)63(81)73(9)53(40-88-66(2,3)4)61(79)69-39-57(75)71(7)32-18-17-27-59(77)87-42-67(5,6)60(78)64(82)74-33-19-16-26-52(74)65(83)89-54(31-30-46-37-55(84-10)56(85-11)38-49(46)68)47-23-20-24-48(36-47)86-41-58(76)72(51)8/h14-15,17,20-24,27-29,34,36-38,50-54H,12-13,16,18-19,25-26,30-33,35,39-42H2,1-11H3,(H,69,79)(H,70,80)/b27-17+/t50-,51-,52-,53-,54+/m0/s1. The summed E-state index contributed by atoms with van der Waals surface area (Å²) in [5.74, 6) is -6.63. The lowest BCUT2D eigenvalue weighted by Crippen LogP contribution is -2.59. The molecule has 0 spiro atoms. The molecule has 0 saturated carbocycles. The van der Waals surface area contributed by atoms with Gasteiger partial charge in [-0.1, -0.05) is 80.4 Å². The van der Waals surface area contributed by atoms with Gasteiger partial charge in [-0.3, -0.25) is 33.6 Å². The third-order valence-corrected chi connectivity index (χ3v) is 15.9. The summed E-state index contributed by atoms with van der Waals surface area (Å²) in [5.41, 5.74) is -1.01. The van der Waals surface area contributed by atoms with Crippen molar-refractivity contribution in [2.24, 2.45) is 5.41 Å². The van der Waals surface area contributed by atoms with E-state index in [0.29, 0.717) is 36.8 Å². The molecule has 21 nitrogen and oxygen atoms in total. The summed E-state index contributed by atoms with van der Waals surface area (Å²) in [6.07, 6.45) is 4.20. The molecule has 1 fully saturated rings. The number of rotatable bonds is 12. The maximum atomic E-state index is 15.7. The van der Waals surface area contributed by atoms with Crippen LogP contribution in [0.2, 0.25) is 0 Å². The van der Waals surface area contributed by atoms with Gasteiger partial charge >= 0.3 is 11.9 Å². The molecule has 2 bridgehead atoms. The summed E-state index contributed by atoms with van der Waals surface area (Å²) in [7, 11) is 7.19. The fraction of sp³-hybridized carbons (Fsp3) is 0.507. The number of ether oxygens (including phenoxy) is 6. The van der Waals surface area contributed by atoms with Crippen LogP contribution in [0.5, 0.6) is 17.2 Å². The number of amides is 6. The van der Waals surface area contributed by atoms with Crippen LogP contribution in [-0.4, -0.2) is 177 Å². The highest BCUT2D eigenvalue weighted by molar-refractivity contribution is 6.38. The molecule has 0 radical (unpaired) electrons. The highest BCUT2D eigenvalue weighted by Gasteiger charge is 2.43. The number of ketones is 1. The third kappa shape index (κ3) is 19.5. The van der Waals surface area contributed by atoms with Crippen molar-refractivity contribution in [2.75, 3.05) is 74.8 Å². The zero-order valence-electron chi connectivity index (χ0n) is 53.2. The number of hydrogen-bond acceptors (Lipinski definition) is 15. The lowest BCUT2D eigenvalue weighted by atomic mass is 9.87. The van der Waals surface area contributed by atoms with Crippen molar-refractivity contribution in [2.45, 2.75) is 142 Å². The van der Waals surface area contributed by atoms with Gasteiger partial charge in [0.05, 0.1) is 38.4 Å². The number of aryl methyl sites for hydroxylation is 1. The van der Waals surface area contributed by atoms with Crippen molar-refractivity contribution in [3.63, 3.8) is 0 Å². The average Bonchev–Trinajstić information content (AvgIpc) is 1.55. The van der Waals surface area contributed by atoms with E-state index < -0.39 is 120 Å². The van der Waals surface area contributed by atoms with Gasteiger partial charge in [0.2, 0.25) is 29.4 Å². The Hall–Kier alpha value is -8.40. The molecule has 4 aromatic rings. The number of hydrogen-bond donors (Lipinski definition) is 2. The molecule has 6 amide bonds. The van der Waals surface area contributed by atoms with E-state index in [1.807, 2.05) is 49.4 Å². The number of unbranched alkanes of at least 4 members (excludes halogenated alkanes) is 1. The summed E-state index contributed by atoms with van der Waals surface area (Å²) in [6, 6.07) is 17.5. The number of likely N-dealkylation sites (N-methyl/N-ethyl adjacent to an activating group) is 3. The summed E-state index contributed by atoms with van der Waals surface area (Å²) in [5, 5.41) is 7.44. The van der Waals surface area contributed by atoms with E-state index in [0.717, 1.165) is 16.8 Å². The van der Waals surface area contributed by atoms with E-state index in [1.54, 1.807) is 45.0 Å². The Kier molecular flexibility index (Phi) is 25.2. The molecule has 2 aliphatic rings. The molecular weight excluding hydrogens is 1150 g/mol. The van der Waals surface area contributed by atoms with Crippen molar-refractivity contribution in [3.8, 4) is 17.2 Å². The fourth-order valence-electron chi connectivity index (χ4n) is 10.4. The number of carbonyl (C=O) groups is 9. The highest BCUT2D eigenvalue weighted by Crippen LogP contribution is 2.34. The molecule has 0 aliphatic carbocycles. The van der Waals surface area contributed by atoms with Crippen molar-refractivity contribution in [1.82, 2.24) is 30.2 Å². The number of piperidine rings is 1. The minimum atomic E-state index is -1.54. The van der Waals surface area contributed by atoms with Gasteiger partial charge in [0.1, 0.15) is 48.4 Å². The molecule has 2 N–H and O–H groups in total. The largest absolute Gasteiger partial charge is 0.493 e. The van der Waals surface area contributed by atoms with Crippen molar-refractivity contribution in [3.05, 3.63) is 114 Å². The molecule has 89 heavy (non-hydrogen) atoms. The molecule has 2 heterocycles. The Balaban J connectivity index is 1.36. The lowest BCUT2D eigenvalue weighted by Gasteiger charge is -2.36. The van der Waals surface area contributed by atoms with Crippen LogP contribution in [0.1, 0.15) is 116 Å². The van der Waals surface area contributed by atoms with E-state index in [2.05, 4.69) is 10.6 Å². The van der Waals surface area contributed by atoms with E-state index >= 15 is 9.18 Å². The predicted molar refractivity (Wildman–Crippen MR) is 330 cm³/mol. The van der Waals surface area contributed by atoms with E-state index in [1.165, 1.54) is 87.0 Å². The zero-order valence-corrected chi connectivity index (χ0v) is 53.2. The molecule has 6 rings (SSSR count). The predicted octanol–water partition coefficient (Wildman–Crippen LogP) is 7.03. The average molecular weight is 1240 g/mol. The zero-order chi connectivity index (χ0) is 65.2. The normalized spacial score (nSPS) is 21.8. The first-order valence-corrected chi connectivity index (χ1v) is 30.2. The second-order valence-corrected chi connectivity index (χ2v) is 24.2. The van der Waals surface area contributed by atoms with E-state index in [9.17, 15) is 38.4 Å². The molecule has 0 unspecified atom stereocenters. The van der Waals surface area contributed by atoms with Crippen LogP contribution >= 0.6 is 0 Å². The monoisotopic (exact) mass is 1230 g/mol. The van der Waals surface area contributed by atoms with Gasteiger partial charge in [-0.25, -0.2) is 14.0 Å². The quantitative estimate of drug-likeness (QED) is 0.107. The highest BCUT2D eigenvalue weighted by atomic mass is 19.1. The topological polar surface area (TPSA) is 246 Å². The van der Waals surface area contributed by atoms with Gasteiger partial charge in [-0.05, 0) is 125 Å². The Morgan fingerprint density at radius 2 is 1.48 bits per heavy atom. The second kappa shape index (κ2) is 32.2. The Labute approximate surface area is 520 Å². The number of halogens is 1. The number of nitrogens with zero attached hydrogens (tertiary/aromatic N) is 4. The minimum absolute atomic E-state index is 0.00253. The first kappa shape index (κ1) is 69.7. The van der Waals surface area contributed by atoms with Gasteiger partial charge in [-0.2, -0.15) is 0 Å². The van der Waals surface area contributed by atoms with Crippen LogP contribution in [0.3, 0.4) is 0 Å². The van der Waals surface area contributed by atoms with Crippen LogP contribution < -0.4 is 24.8 Å². The summed E-state index contributed by atoms with van der Waals surface area (Å²) >= 11 is 0. The first-order valence-electron chi connectivity index (χ1n) is 30.2. The molecule has 4 aromatic carbocycles. The van der Waals surface area contributed by atoms with Gasteiger partial charge < -0.3 is 58.7 Å². The Morgan fingerprint density at radius 3 is 2.19 bits per heavy atom. The summed E-state index contributed by atoms with van der Waals surface area (Å²) < 4.78 is 50.4. The number of Topliss-reactive ketones (excluding diaryl/α,β-unsaturated/α-hetero) is 1. The fourth-order valence-corrected chi connectivity index (χ4v) is 10.4. The van der Waals surface area contributed by atoms with Crippen molar-refractivity contribution >= 4 is 63.9 Å². The molecule has 0 aromatic heterocycles. The van der Waals surface area contributed by atoms with Gasteiger partial charge in [0, 0.05) is 52.8 Å². The van der Waals surface area contributed by atoms with Crippen LogP contribution in [0.25, 0.3) is 10.8 Å². The van der Waals surface area contributed by atoms with Crippen LogP contribution in [0.15, 0.2) is 91.0 Å². The minimum Gasteiger partial charge on any atom is -0.493 e.